The number of aliphatic hydroxyl groups is 4. The molecule has 0 radical (unpaired) electrons. The third-order valence-corrected chi connectivity index (χ3v) is 9.95. The second-order valence-electron chi connectivity index (χ2n) is 11.9. The first kappa shape index (κ1) is 33.8. The Labute approximate surface area is 282 Å². The number of hydrogen-bond donors (Lipinski definition) is 8. The number of aliphatic hydroxyl groups excluding tert-OH is 4. The van der Waals surface area contributed by atoms with Gasteiger partial charge in [-0.25, -0.2) is 43.0 Å². The molecule has 2 bridgehead atoms. The zero-order chi connectivity index (χ0) is 35.3. The lowest BCUT2D eigenvalue weighted by atomic mass is 10.1. The van der Waals surface area contributed by atoms with E-state index in [-0.39, 0.29) is 72.5 Å². The first-order valence-corrected chi connectivity index (χ1v) is 17.0. The van der Waals surface area contributed by atoms with E-state index in [1.165, 1.54) is 33.0 Å². The average molecular weight is 716 g/mol. The Morgan fingerprint density at radius 3 is 2.42 bits per heavy atom. The number of hydrogen-bond acceptors (Lipinski definition) is 18. The molecule has 7 heterocycles. The first-order chi connectivity index (χ1) is 23.9. The normalized spacial score (nSPS) is 30.8. The Morgan fingerprint density at radius 2 is 1.64 bits per heavy atom. The number of imidazole rings is 2. The number of fused-ring (bicyclic) bond motifs is 7. The van der Waals surface area contributed by atoms with Crippen molar-refractivity contribution in [2.24, 2.45) is 0 Å². The number of carbonyl (C=O) groups is 1. The molecule has 22 nitrogen and oxygen atoms in total. The van der Waals surface area contributed by atoms with E-state index in [4.69, 9.17) is 20.9 Å². The number of aromatic nitrogens is 8. The van der Waals surface area contributed by atoms with Crippen LogP contribution in [0.1, 0.15) is 18.3 Å². The van der Waals surface area contributed by atoms with Crippen LogP contribution in [0, 0.1) is 11.8 Å². The number of rotatable bonds is 3. The van der Waals surface area contributed by atoms with Crippen molar-refractivity contribution in [3.63, 3.8) is 0 Å². The molecule has 2 saturated heterocycles. The zero-order valence-corrected chi connectivity index (χ0v) is 26.8. The van der Waals surface area contributed by atoms with Crippen molar-refractivity contribution in [1.82, 2.24) is 54.0 Å². The summed E-state index contributed by atoms with van der Waals surface area (Å²) in [6.07, 6.45) is -6.74. The topological polar surface area (TPSA) is 317 Å². The lowest BCUT2D eigenvalue weighted by molar-refractivity contribution is -0.122. The summed E-state index contributed by atoms with van der Waals surface area (Å²) >= 11 is 0. The van der Waals surface area contributed by atoms with Crippen LogP contribution < -0.4 is 21.5 Å². The predicted molar refractivity (Wildman–Crippen MR) is 169 cm³/mol. The lowest BCUT2D eigenvalue weighted by Gasteiger charge is -2.24. The number of nitrogen functional groups attached to an aromatic ring is 2. The second kappa shape index (κ2) is 13.2. The molecule has 23 heteroatoms. The summed E-state index contributed by atoms with van der Waals surface area (Å²) in [7, 11) is -3.96. The van der Waals surface area contributed by atoms with Crippen molar-refractivity contribution in [3.05, 3.63) is 24.8 Å². The number of ether oxygens (including phenoxy) is 2. The maximum atomic E-state index is 13.0. The van der Waals surface area contributed by atoms with Gasteiger partial charge in [0.05, 0.1) is 25.2 Å². The van der Waals surface area contributed by atoms with Crippen LogP contribution in [0.15, 0.2) is 19.0 Å². The summed E-state index contributed by atoms with van der Waals surface area (Å²) < 4.78 is 42.5. The minimum absolute atomic E-state index is 0.00915. The van der Waals surface area contributed by atoms with Crippen molar-refractivity contribution >= 4 is 49.9 Å². The van der Waals surface area contributed by atoms with Gasteiger partial charge in [0.1, 0.15) is 54.8 Å². The number of carbonyl (C=O) groups excluding carboxylic acids is 1. The van der Waals surface area contributed by atoms with E-state index in [9.17, 15) is 33.6 Å². The Kier molecular flexibility index (Phi) is 8.96. The van der Waals surface area contributed by atoms with Crippen LogP contribution in [0.25, 0.3) is 22.3 Å². The third-order valence-electron chi connectivity index (χ3n) is 8.60. The molecule has 0 aromatic carbocycles. The summed E-state index contributed by atoms with van der Waals surface area (Å²) in [6.45, 7) is -1.18. The van der Waals surface area contributed by atoms with Gasteiger partial charge in [-0.15, -0.1) is 0 Å². The van der Waals surface area contributed by atoms with Gasteiger partial charge in [-0.05, 0) is 5.92 Å². The molecule has 8 atom stereocenters. The fraction of sp³-hybridized carbons (Fsp3) is 0.519. The standard InChI is InChI=1S/C27H33N13O9S/c28-22-16-24(33-9-31-22)39(11-35-16)26-20(44)19(43)13(49-26)7-38-4-1-2-14-37-17-23(29)32-10-34-25(17)40(14)27-21(45)18(42)12(48-27)6-36-50(46,47)5-3-30-15(41)8-38/h9-13,18-21,26-27,36,42-45H,3-8H2,(H,30,41)(H2,28,31,33)(H2,29,32,34)/t12-,13-,18-,19?,20+,21-,26-,27-/m1/s1. The largest absolute Gasteiger partial charge is 0.387 e. The highest BCUT2D eigenvalue weighted by atomic mass is 32.2. The van der Waals surface area contributed by atoms with E-state index in [0.29, 0.717) is 0 Å². The van der Waals surface area contributed by atoms with Crippen molar-refractivity contribution in [1.29, 1.82) is 0 Å². The van der Waals surface area contributed by atoms with Crippen LogP contribution in [0.5, 0.6) is 0 Å². The predicted octanol–water partition coefficient (Wildman–Crippen LogP) is -5.23. The second-order valence-corrected chi connectivity index (χ2v) is 13.8. The molecule has 3 aliphatic rings. The highest BCUT2D eigenvalue weighted by molar-refractivity contribution is 7.89. The third kappa shape index (κ3) is 6.27. The molecular weight excluding hydrogens is 682 g/mol. The maximum Gasteiger partial charge on any atom is 0.234 e. The van der Waals surface area contributed by atoms with E-state index < -0.39 is 70.8 Å². The van der Waals surface area contributed by atoms with Crippen molar-refractivity contribution in [2.45, 2.75) is 49.1 Å². The molecule has 0 aliphatic carbocycles. The molecule has 7 rings (SSSR count). The Hall–Kier alpha value is -4.64. The number of nitrogens with two attached hydrogens (primary N) is 2. The van der Waals surface area contributed by atoms with Gasteiger partial charge in [0.25, 0.3) is 0 Å². The van der Waals surface area contributed by atoms with Gasteiger partial charge < -0.3 is 46.7 Å². The molecule has 4 aromatic heterocycles. The van der Waals surface area contributed by atoms with E-state index in [1.54, 1.807) is 0 Å². The zero-order valence-electron chi connectivity index (χ0n) is 26.0. The monoisotopic (exact) mass is 715 g/mol. The minimum Gasteiger partial charge on any atom is -0.387 e. The summed E-state index contributed by atoms with van der Waals surface area (Å²) in [5.74, 6) is 4.89. The van der Waals surface area contributed by atoms with Gasteiger partial charge in [-0.1, -0.05) is 5.92 Å². The van der Waals surface area contributed by atoms with Gasteiger partial charge in [0, 0.05) is 19.6 Å². The van der Waals surface area contributed by atoms with Crippen LogP contribution in [0.2, 0.25) is 0 Å². The van der Waals surface area contributed by atoms with E-state index in [0.717, 1.165) is 0 Å². The van der Waals surface area contributed by atoms with Crippen molar-refractivity contribution in [2.75, 3.05) is 49.9 Å². The lowest BCUT2D eigenvalue weighted by Crippen LogP contribution is -2.46. The number of nitrogens with one attached hydrogen (secondary N) is 2. The SMILES string of the molecule is Nc1ncnc2c1ncn2[C@@H]1O[C@H](CN2CC#Cc3nc4c(N)ncnc4n3[C@@H]3O[C@H](CNS(=O)(=O)CCNC(=O)C2)[C@@H](O)[C@H]3O)C(O)[C@@H]1O. The van der Waals surface area contributed by atoms with E-state index in [2.05, 4.69) is 51.8 Å². The van der Waals surface area contributed by atoms with Gasteiger partial charge >= 0.3 is 0 Å². The molecule has 0 saturated carbocycles. The quantitative estimate of drug-likeness (QED) is 0.0919. The van der Waals surface area contributed by atoms with Crippen molar-refractivity contribution in [3.8, 4) is 11.8 Å². The van der Waals surface area contributed by atoms with Gasteiger partial charge in [0.2, 0.25) is 15.9 Å². The molecule has 2 fully saturated rings. The van der Waals surface area contributed by atoms with Crippen LogP contribution >= 0.6 is 0 Å². The van der Waals surface area contributed by atoms with E-state index in [1.807, 2.05) is 0 Å². The Bertz CT molecular complexity index is 2100. The highest BCUT2D eigenvalue weighted by Crippen LogP contribution is 2.34. The molecule has 266 valence electrons. The van der Waals surface area contributed by atoms with E-state index >= 15 is 0 Å². The molecule has 0 spiro atoms. The molecule has 1 unspecified atom stereocenters. The number of anilines is 2. The first-order valence-electron chi connectivity index (χ1n) is 15.3. The molecule has 50 heavy (non-hydrogen) atoms. The Balaban J connectivity index is 1.20. The molecule has 4 aromatic rings. The molecule has 10 N–H and O–H groups in total. The fourth-order valence-corrected chi connectivity index (χ4v) is 7.00. The van der Waals surface area contributed by atoms with Crippen LogP contribution in [-0.2, 0) is 24.3 Å². The van der Waals surface area contributed by atoms with Gasteiger partial charge in [0.15, 0.2) is 46.7 Å². The summed E-state index contributed by atoms with van der Waals surface area (Å²) in [5, 5.41) is 46.3. The van der Waals surface area contributed by atoms with Crippen LogP contribution in [-0.4, -0.2) is 154 Å². The minimum atomic E-state index is -3.96. The van der Waals surface area contributed by atoms with Crippen LogP contribution in [0.4, 0.5) is 11.6 Å². The van der Waals surface area contributed by atoms with Gasteiger partial charge in [-0.2, -0.15) is 0 Å². The maximum absolute atomic E-state index is 13.0. The van der Waals surface area contributed by atoms with Crippen LogP contribution in [0.3, 0.4) is 0 Å². The van der Waals surface area contributed by atoms with Gasteiger partial charge in [-0.3, -0.25) is 18.8 Å². The average Bonchev–Trinajstić information content (AvgIpc) is 3.81. The number of nitrogens with zero attached hydrogens (tertiary/aromatic N) is 9. The summed E-state index contributed by atoms with van der Waals surface area (Å²) in [5.41, 5.74) is 12.8. The molecule has 3 aliphatic heterocycles. The highest BCUT2D eigenvalue weighted by Gasteiger charge is 2.46. The molecule has 1 amide bonds. The smallest absolute Gasteiger partial charge is 0.234 e. The molecular formula is C27H33N13O9S. The van der Waals surface area contributed by atoms with Crippen molar-refractivity contribution < 1.29 is 43.1 Å². The summed E-state index contributed by atoms with van der Waals surface area (Å²) in [6, 6.07) is 0. The summed E-state index contributed by atoms with van der Waals surface area (Å²) in [4.78, 5) is 39.4. The number of sulfonamides is 1. The Morgan fingerprint density at radius 1 is 0.920 bits per heavy atom. The number of amides is 1. The fourth-order valence-electron chi connectivity index (χ4n) is 6.07.